The Morgan fingerprint density at radius 3 is 2.86 bits per heavy atom. The third-order valence-electron chi connectivity index (χ3n) is 1.80. The van der Waals surface area contributed by atoms with E-state index >= 15 is 0 Å². The molecular weight excluding hydrogens is 174 g/mol. The van der Waals surface area contributed by atoms with Gasteiger partial charge in [0, 0.05) is 12.7 Å². The number of nitrogens with zero attached hydrogens (tertiary/aromatic N) is 2. The van der Waals surface area contributed by atoms with E-state index in [1.54, 1.807) is 6.20 Å². The average Bonchev–Trinajstić information content (AvgIpc) is 2.14. The Morgan fingerprint density at radius 2 is 2.29 bits per heavy atom. The van der Waals surface area contributed by atoms with Crippen LogP contribution in [-0.2, 0) is 0 Å². The van der Waals surface area contributed by atoms with E-state index in [4.69, 9.17) is 5.73 Å². The second-order valence-corrected chi connectivity index (χ2v) is 3.84. The predicted octanol–water partition coefficient (Wildman–Crippen LogP) is 1.75. The Bertz CT molecular complexity index is 329. The first-order chi connectivity index (χ1) is 6.59. The maximum absolute atomic E-state index is 5.80. The Kier molecular flexibility index (Phi) is 3.63. The summed E-state index contributed by atoms with van der Waals surface area (Å²) in [5, 5.41) is 0. The molecule has 0 fully saturated rings. The normalized spacial score (nSPS) is 12.1. The lowest BCUT2D eigenvalue weighted by molar-refractivity contribution is 0.665. The Morgan fingerprint density at radius 1 is 1.57 bits per heavy atom. The summed E-state index contributed by atoms with van der Waals surface area (Å²) in [5.41, 5.74) is 7.72. The largest absolute Gasteiger partial charge is 0.382 e. The van der Waals surface area contributed by atoms with Crippen LogP contribution in [-0.4, -0.2) is 17.4 Å². The van der Waals surface area contributed by atoms with Gasteiger partial charge in [-0.3, -0.25) is 9.98 Å². The predicted molar refractivity (Wildman–Crippen MR) is 59.4 cm³/mol. The van der Waals surface area contributed by atoms with Gasteiger partial charge in [-0.1, -0.05) is 13.8 Å². The summed E-state index contributed by atoms with van der Waals surface area (Å²) < 4.78 is 0. The summed E-state index contributed by atoms with van der Waals surface area (Å²) in [4.78, 5) is 8.43. The molecule has 0 saturated heterocycles. The van der Waals surface area contributed by atoms with Crippen molar-refractivity contribution in [3.8, 4) is 0 Å². The monoisotopic (exact) mass is 191 g/mol. The highest BCUT2D eigenvalue weighted by Crippen LogP contribution is 2.00. The minimum Gasteiger partial charge on any atom is -0.382 e. The lowest BCUT2D eigenvalue weighted by Gasteiger charge is -2.02. The van der Waals surface area contributed by atoms with Crippen LogP contribution in [0.2, 0.25) is 0 Å². The van der Waals surface area contributed by atoms with Crippen molar-refractivity contribution < 1.29 is 0 Å². The van der Waals surface area contributed by atoms with Gasteiger partial charge in [0.25, 0.3) is 0 Å². The lowest BCUT2D eigenvalue weighted by Crippen LogP contribution is -2.16. The molecule has 2 N–H and O–H groups in total. The molecule has 14 heavy (non-hydrogen) atoms. The van der Waals surface area contributed by atoms with Gasteiger partial charge in [-0.15, -0.1) is 0 Å². The smallest absolute Gasteiger partial charge is 0.144 e. The molecule has 0 amide bonds. The van der Waals surface area contributed by atoms with Crippen molar-refractivity contribution in [3.63, 3.8) is 0 Å². The number of aryl methyl sites for hydroxylation is 1. The van der Waals surface area contributed by atoms with Crippen molar-refractivity contribution in [2.45, 2.75) is 20.8 Å². The van der Waals surface area contributed by atoms with Crippen LogP contribution in [0.25, 0.3) is 0 Å². The fraction of sp³-hybridized carbons (Fsp3) is 0.455. The van der Waals surface area contributed by atoms with Crippen LogP contribution in [0.1, 0.15) is 25.1 Å². The van der Waals surface area contributed by atoms with Gasteiger partial charge in [0.15, 0.2) is 0 Å². The molecule has 76 valence electrons. The molecule has 0 spiro atoms. The van der Waals surface area contributed by atoms with Gasteiger partial charge < -0.3 is 5.73 Å². The van der Waals surface area contributed by atoms with E-state index in [0.717, 1.165) is 17.8 Å². The molecule has 1 aromatic heterocycles. The van der Waals surface area contributed by atoms with Gasteiger partial charge in [0.1, 0.15) is 11.5 Å². The average molecular weight is 191 g/mol. The minimum atomic E-state index is 0.526. The van der Waals surface area contributed by atoms with Crippen molar-refractivity contribution >= 4 is 5.84 Å². The van der Waals surface area contributed by atoms with Gasteiger partial charge in [-0.25, -0.2) is 0 Å². The summed E-state index contributed by atoms with van der Waals surface area (Å²) in [7, 11) is 0. The molecule has 0 radical (unpaired) electrons. The van der Waals surface area contributed by atoms with Crippen LogP contribution >= 0.6 is 0 Å². The highest BCUT2D eigenvalue weighted by Gasteiger charge is 2.00. The second-order valence-electron chi connectivity index (χ2n) is 3.84. The number of amidine groups is 1. The molecule has 0 unspecified atom stereocenters. The van der Waals surface area contributed by atoms with Crippen molar-refractivity contribution in [3.05, 3.63) is 29.6 Å². The van der Waals surface area contributed by atoms with Crippen LogP contribution in [0, 0.1) is 12.8 Å². The SMILES string of the molecule is Cc1ccnc(C(N)=NCC(C)C)c1. The molecule has 3 nitrogen and oxygen atoms in total. The van der Waals surface area contributed by atoms with E-state index in [1.165, 1.54) is 0 Å². The fourth-order valence-corrected chi connectivity index (χ4v) is 1.04. The van der Waals surface area contributed by atoms with Crippen LogP contribution < -0.4 is 5.73 Å². The number of pyridine rings is 1. The van der Waals surface area contributed by atoms with Gasteiger partial charge in [-0.05, 0) is 30.5 Å². The van der Waals surface area contributed by atoms with Gasteiger partial charge in [0.2, 0.25) is 0 Å². The Labute approximate surface area is 85.1 Å². The molecule has 0 aliphatic carbocycles. The zero-order chi connectivity index (χ0) is 10.6. The summed E-state index contributed by atoms with van der Waals surface area (Å²) in [6.07, 6.45) is 1.75. The van der Waals surface area contributed by atoms with Crippen LogP contribution in [0.5, 0.6) is 0 Å². The first-order valence-corrected chi connectivity index (χ1v) is 4.82. The van der Waals surface area contributed by atoms with Crippen LogP contribution in [0.4, 0.5) is 0 Å². The molecule has 1 aromatic rings. The standard InChI is InChI=1S/C11H17N3/c1-8(2)7-14-11(12)10-6-9(3)4-5-13-10/h4-6,8H,7H2,1-3H3,(H2,12,14). The fourth-order valence-electron chi connectivity index (χ4n) is 1.04. The van der Waals surface area contributed by atoms with Crippen molar-refractivity contribution in [1.82, 2.24) is 4.98 Å². The van der Waals surface area contributed by atoms with E-state index in [0.29, 0.717) is 11.8 Å². The molecule has 1 heterocycles. The van der Waals surface area contributed by atoms with E-state index in [9.17, 15) is 0 Å². The van der Waals surface area contributed by atoms with Crippen molar-refractivity contribution in [2.24, 2.45) is 16.6 Å². The third-order valence-corrected chi connectivity index (χ3v) is 1.80. The van der Waals surface area contributed by atoms with Gasteiger partial charge >= 0.3 is 0 Å². The van der Waals surface area contributed by atoms with Crippen molar-refractivity contribution in [1.29, 1.82) is 0 Å². The number of rotatable bonds is 3. The second kappa shape index (κ2) is 4.74. The number of aliphatic imine (C=N–C) groups is 1. The maximum Gasteiger partial charge on any atom is 0.144 e. The Balaban J connectivity index is 2.78. The molecule has 0 aliphatic rings. The number of hydrogen-bond acceptors (Lipinski definition) is 2. The van der Waals surface area contributed by atoms with Crippen molar-refractivity contribution in [2.75, 3.05) is 6.54 Å². The summed E-state index contributed by atoms with van der Waals surface area (Å²) in [6.45, 7) is 6.99. The molecule has 0 bridgehead atoms. The summed E-state index contributed by atoms with van der Waals surface area (Å²) in [6, 6.07) is 3.89. The van der Waals surface area contributed by atoms with E-state index < -0.39 is 0 Å². The van der Waals surface area contributed by atoms with E-state index in [-0.39, 0.29) is 0 Å². The topological polar surface area (TPSA) is 51.3 Å². The molecule has 3 heteroatoms. The maximum atomic E-state index is 5.80. The van der Waals surface area contributed by atoms with Gasteiger partial charge in [0.05, 0.1) is 0 Å². The van der Waals surface area contributed by atoms with Gasteiger partial charge in [-0.2, -0.15) is 0 Å². The molecular formula is C11H17N3. The zero-order valence-electron chi connectivity index (χ0n) is 8.99. The summed E-state index contributed by atoms with van der Waals surface area (Å²) in [5.74, 6) is 1.06. The molecule has 0 saturated carbocycles. The summed E-state index contributed by atoms with van der Waals surface area (Å²) >= 11 is 0. The highest BCUT2D eigenvalue weighted by atomic mass is 14.9. The molecule has 0 aliphatic heterocycles. The van der Waals surface area contributed by atoms with E-state index in [2.05, 4.69) is 23.8 Å². The lowest BCUT2D eigenvalue weighted by atomic mass is 10.2. The number of aromatic nitrogens is 1. The number of nitrogens with two attached hydrogens (primary N) is 1. The first kappa shape index (κ1) is 10.7. The minimum absolute atomic E-state index is 0.526. The Hall–Kier alpha value is -1.38. The number of hydrogen-bond donors (Lipinski definition) is 1. The highest BCUT2D eigenvalue weighted by molar-refractivity contribution is 5.95. The van der Waals surface area contributed by atoms with Crippen LogP contribution in [0.15, 0.2) is 23.3 Å². The molecule has 1 rings (SSSR count). The molecule has 0 aromatic carbocycles. The van der Waals surface area contributed by atoms with E-state index in [1.807, 2.05) is 19.1 Å². The molecule has 0 atom stereocenters. The van der Waals surface area contributed by atoms with Crippen LogP contribution in [0.3, 0.4) is 0 Å². The zero-order valence-corrected chi connectivity index (χ0v) is 8.99. The quantitative estimate of drug-likeness (QED) is 0.584. The third kappa shape index (κ3) is 3.17. The first-order valence-electron chi connectivity index (χ1n) is 4.82.